The van der Waals surface area contributed by atoms with Crippen LogP contribution in [-0.4, -0.2) is 51.7 Å². The second-order valence-electron chi connectivity index (χ2n) is 6.27. The Hall–Kier alpha value is -1.94. The first-order valence-corrected chi connectivity index (χ1v) is 8.25. The van der Waals surface area contributed by atoms with Crippen molar-refractivity contribution >= 4 is 11.6 Å². The van der Waals surface area contributed by atoms with Crippen molar-refractivity contribution in [3.05, 3.63) is 17.6 Å². The van der Waals surface area contributed by atoms with Gasteiger partial charge in [0.15, 0.2) is 6.29 Å². The second-order valence-corrected chi connectivity index (χ2v) is 6.27. The predicted octanol–water partition coefficient (Wildman–Crippen LogP) is 2.18. The molecule has 2 aromatic heterocycles. The fourth-order valence-corrected chi connectivity index (χ4v) is 3.42. The topological polar surface area (TPSA) is 64.8 Å². The van der Waals surface area contributed by atoms with Crippen LogP contribution < -0.4 is 4.90 Å². The van der Waals surface area contributed by atoms with E-state index in [0.29, 0.717) is 31.3 Å². The number of fused-ring (bicyclic) bond motifs is 1. The van der Waals surface area contributed by atoms with Crippen molar-refractivity contribution in [2.45, 2.75) is 44.7 Å². The van der Waals surface area contributed by atoms with Gasteiger partial charge < -0.3 is 14.4 Å². The Morgan fingerprint density at radius 3 is 2.64 bits per heavy atom. The molecule has 1 atom stereocenters. The number of hydrogen-bond acceptors (Lipinski definition) is 6. The van der Waals surface area contributed by atoms with Gasteiger partial charge in [0, 0.05) is 18.3 Å². The van der Waals surface area contributed by atoms with Crippen LogP contribution in [0.2, 0.25) is 0 Å². The largest absolute Gasteiger partial charge is 0.453 e. The number of rotatable bonds is 2. The van der Waals surface area contributed by atoms with Crippen LogP contribution in [0.5, 0.6) is 0 Å². The van der Waals surface area contributed by atoms with Crippen molar-refractivity contribution in [3.8, 4) is 0 Å². The molecule has 0 aliphatic carbocycles. The molecule has 2 fully saturated rings. The molecule has 2 aliphatic rings. The Morgan fingerprint density at radius 2 is 1.92 bits per heavy atom. The molecule has 0 radical (unpaired) electrons. The summed E-state index contributed by atoms with van der Waals surface area (Å²) in [6, 6.07) is 1.66. The number of aromatic nitrogens is 4. The van der Waals surface area contributed by atoms with Gasteiger partial charge >= 0.3 is 6.18 Å². The summed E-state index contributed by atoms with van der Waals surface area (Å²) in [5.74, 6) is -0.706. The molecule has 2 aromatic rings. The van der Waals surface area contributed by atoms with Crippen molar-refractivity contribution in [2.24, 2.45) is 0 Å². The van der Waals surface area contributed by atoms with Gasteiger partial charge in [-0.15, -0.1) is 5.10 Å². The van der Waals surface area contributed by atoms with Crippen molar-refractivity contribution in [3.63, 3.8) is 0 Å². The molecule has 0 aromatic carbocycles. The van der Waals surface area contributed by atoms with Gasteiger partial charge in [0.25, 0.3) is 11.6 Å². The zero-order valence-electron chi connectivity index (χ0n) is 13.7. The summed E-state index contributed by atoms with van der Waals surface area (Å²) < 4.78 is 51.5. The summed E-state index contributed by atoms with van der Waals surface area (Å²) in [4.78, 5) is 9.65. The van der Waals surface area contributed by atoms with Gasteiger partial charge in [0.05, 0.1) is 19.3 Å². The number of alkyl halides is 3. The molecule has 2 aliphatic heterocycles. The van der Waals surface area contributed by atoms with Crippen LogP contribution in [0, 0.1) is 6.92 Å². The van der Waals surface area contributed by atoms with Gasteiger partial charge in [-0.3, -0.25) is 0 Å². The lowest BCUT2D eigenvalue weighted by Gasteiger charge is -2.39. The lowest BCUT2D eigenvalue weighted by atomic mass is 10.0. The van der Waals surface area contributed by atoms with Gasteiger partial charge in [0.2, 0.25) is 0 Å². The van der Waals surface area contributed by atoms with E-state index in [1.54, 1.807) is 13.0 Å². The van der Waals surface area contributed by atoms with Crippen LogP contribution in [0.1, 0.15) is 30.8 Å². The monoisotopic (exact) mass is 357 g/mol. The number of piperidine rings is 1. The fraction of sp³-hybridized carbons (Fsp3) is 0.667. The summed E-state index contributed by atoms with van der Waals surface area (Å²) in [6.45, 7) is 3.48. The highest BCUT2D eigenvalue weighted by molar-refractivity contribution is 5.49. The van der Waals surface area contributed by atoms with Gasteiger partial charge in [0.1, 0.15) is 5.82 Å². The third kappa shape index (κ3) is 3.04. The molecule has 4 heterocycles. The van der Waals surface area contributed by atoms with E-state index in [9.17, 15) is 13.2 Å². The fourth-order valence-electron chi connectivity index (χ4n) is 3.42. The van der Waals surface area contributed by atoms with E-state index in [4.69, 9.17) is 9.47 Å². The van der Waals surface area contributed by atoms with E-state index in [1.165, 1.54) is 4.52 Å². The molecule has 25 heavy (non-hydrogen) atoms. The average Bonchev–Trinajstić information content (AvgIpc) is 3.23. The maximum Gasteiger partial charge on any atom is 0.453 e. The van der Waals surface area contributed by atoms with E-state index in [-0.39, 0.29) is 18.1 Å². The summed E-state index contributed by atoms with van der Waals surface area (Å²) in [7, 11) is 0. The highest BCUT2D eigenvalue weighted by Crippen LogP contribution is 2.31. The standard InChI is InChI=1S/C15H18F3N5O2/c1-9-8-11(23-14(19-9)20-13(21-23)15(16,17)18)22-5-3-2-4-10(22)12-24-6-7-25-12/h8,10,12H,2-7H2,1H3/t10-/m1/s1. The van der Waals surface area contributed by atoms with Gasteiger partial charge in [-0.2, -0.15) is 22.7 Å². The Morgan fingerprint density at radius 1 is 1.16 bits per heavy atom. The highest BCUT2D eigenvalue weighted by atomic mass is 19.4. The van der Waals surface area contributed by atoms with E-state index in [2.05, 4.69) is 15.1 Å². The molecular formula is C15H18F3N5O2. The molecule has 0 bridgehead atoms. The smallest absolute Gasteiger partial charge is 0.348 e. The van der Waals surface area contributed by atoms with Crippen LogP contribution in [0.4, 0.5) is 19.0 Å². The zero-order valence-corrected chi connectivity index (χ0v) is 13.7. The molecule has 0 saturated carbocycles. The minimum absolute atomic E-state index is 0.0556. The SMILES string of the molecule is Cc1cc(N2CCCC[C@@H]2C2OCCO2)n2nc(C(F)(F)F)nc2n1. The number of halogens is 3. The number of aryl methyl sites for hydroxylation is 1. The van der Waals surface area contributed by atoms with Crippen molar-refractivity contribution in [1.82, 2.24) is 19.6 Å². The van der Waals surface area contributed by atoms with Crippen LogP contribution in [0.25, 0.3) is 5.78 Å². The molecule has 0 amide bonds. The molecule has 7 nitrogen and oxygen atoms in total. The minimum Gasteiger partial charge on any atom is -0.348 e. The first kappa shape index (κ1) is 16.5. The number of nitrogens with zero attached hydrogens (tertiary/aromatic N) is 5. The lowest BCUT2D eigenvalue weighted by molar-refractivity contribution is -0.144. The van der Waals surface area contributed by atoms with Gasteiger partial charge in [-0.25, -0.2) is 4.98 Å². The third-order valence-electron chi connectivity index (χ3n) is 4.48. The first-order valence-electron chi connectivity index (χ1n) is 8.25. The van der Waals surface area contributed by atoms with E-state index >= 15 is 0 Å². The molecular weight excluding hydrogens is 339 g/mol. The number of ether oxygens (including phenoxy) is 2. The summed E-state index contributed by atoms with van der Waals surface area (Å²) in [5.41, 5.74) is 0.584. The third-order valence-corrected chi connectivity index (χ3v) is 4.48. The van der Waals surface area contributed by atoms with Crippen molar-refractivity contribution in [1.29, 1.82) is 0 Å². The second kappa shape index (κ2) is 6.10. The number of hydrogen-bond donors (Lipinski definition) is 0. The van der Waals surface area contributed by atoms with E-state index < -0.39 is 12.0 Å². The summed E-state index contributed by atoms with van der Waals surface area (Å²) in [5, 5.41) is 3.66. The van der Waals surface area contributed by atoms with Gasteiger partial charge in [-0.05, 0) is 26.2 Å². The van der Waals surface area contributed by atoms with Crippen LogP contribution in [-0.2, 0) is 15.7 Å². The lowest BCUT2D eigenvalue weighted by Crippen LogP contribution is -2.48. The quantitative estimate of drug-likeness (QED) is 0.821. The average molecular weight is 357 g/mol. The highest BCUT2D eigenvalue weighted by Gasteiger charge is 2.39. The Bertz CT molecular complexity index is 772. The van der Waals surface area contributed by atoms with Crippen molar-refractivity contribution < 1.29 is 22.6 Å². The van der Waals surface area contributed by atoms with Crippen LogP contribution in [0.3, 0.4) is 0 Å². The minimum atomic E-state index is -4.61. The normalized spacial score (nSPS) is 22.9. The summed E-state index contributed by atoms with van der Waals surface area (Å²) >= 11 is 0. The summed E-state index contributed by atoms with van der Waals surface area (Å²) in [6.07, 6.45) is -2.20. The zero-order chi connectivity index (χ0) is 17.6. The van der Waals surface area contributed by atoms with Crippen LogP contribution >= 0.6 is 0 Å². The Labute approximate surface area is 141 Å². The molecule has 2 saturated heterocycles. The predicted molar refractivity (Wildman–Crippen MR) is 81.2 cm³/mol. The van der Waals surface area contributed by atoms with Gasteiger partial charge in [-0.1, -0.05) is 0 Å². The van der Waals surface area contributed by atoms with E-state index in [1.807, 2.05) is 4.90 Å². The molecule has 0 N–H and O–H groups in total. The molecule has 0 unspecified atom stereocenters. The molecule has 0 spiro atoms. The molecule has 10 heteroatoms. The molecule has 4 rings (SSSR count). The molecule has 136 valence electrons. The van der Waals surface area contributed by atoms with Crippen LogP contribution in [0.15, 0.2) is 6.07 Å². The maximum atomic E-state index is 13.0. The maximum absolute atomic E-state index is 13.0. The Balaban J connectivity index is 1.79. The van der Waals surface area contributed by atoms with Crippen molar-refractivity contribution in [2.75, 3.05) is 24.7 Å². The van der Waals surface area contributed by atoms with E-state index in [0.717, 1.165) is 19.3 Å². The first-order chi connectivity index (χ1) is 11.9. The number of anilines is 1. The Kier molecular flexibility index (Phi) is 4.03.